The van der Waals surface area contributed by atoms with Gasteiger partial charge in [-0.05, 0) is 38.1 Å². The van der Waals surface area contributed by atoms with E-state index in [0.29, 0.717) is 24.3 Å². The van der Waals surface area contributed by atoms with Gasteiger partial charge in [0.25, 0.3) is 5.69 Å². The van der Waals surface area contributed by atoms with Crippen LogP contribution in [-0.2, 0) is 4.74 Å². The van der Waals surface area contributed by atoms with Crippen molar-refractivity contribution in [3.63, 3.8) is 0 Å². The van der Waals surface area contributed by atoms with Gasteiger partial charge in [-0.2, -0.15) is 0 Å². The number of rotatable bonds is 8. The molecule has 36 heavy (non-hydrogen) atoms. The molecule has 0 spiro atoms. The Bertz CT molecular complexity index is 1330. The van der Waals surface area contributed by atoms with Gasteiger partial charge in [-0.1, -0.05) is 47.5 Å². The lowest BCUT2D eigenvalue weighted by Gasteiger charge is -2.20. The predicted molar refractivity (Wildman–Crippen MR) is 135 cm³/mol. The molecule has 2 heterocycles. The zero-order valence-corrected chi connectivity index (χ0v) is 20.1. The molecule has 5 rings (SSSR count). The smallest absolute Gasteiger partial charge is 0.270 e. The van der Waals surface area contributed by atoms with E-state index >= 15 is 0 Å². The summed E-state index contributed by atoms with van der Waals surface area (Å²) in [6.07, 6.45) is 3.28. The fraction of sp³-hybridized carbons (Fsp3) is 0.250. The van der Waals surface area contributed by atoms with E-state index in [1.165, 1.54) is 17.7 Å². The van der Waals surface area contributed by atoms with Gasteiger partial charge in [0.2, 0.25) is 0 Å². The molecule has 0 bridgehead atoms. The number of aromatic nitrogens is 2. The minimum atomic E-state index is -0.410. The molecule has 3 atom stereocenters. The highest BCUT2D eigenvalue weighted by Gasteiger charge is 2.38. The van der Waals surface area contributed by atoms with Crippen molar-refractivity contribution in [1.82, 2.24) is 9.55 Å². The number of aryl methyl sites for hydroxylation is 2. The van der Waals surface area contributed by atoms with Crippen LogP contribution in [0, 0.1) is 24.0 Å². The van der Waals surface area contributed by atoms with Crippen LogP contribution in [0.4, 0.5) is 5.69 Å². The van der Waals surface area contributed by atoms with Crippen LogP contribution in [0.1, 0.15) is 23.8 Å². The summed E-state index contributed by atoms with van der Waals surface area (Å²) < 4.78 is 20.6. The van der Waals surface area contributed by atoms with Gasteiger partial charge in [0.15, 0.2) is 0 Å². The second-order valence-corrected chi connectivity index (χ2v) is 8.97. The van der Waals surface area contributed by atoms with Crippen molar-refractivity contribution >= 4 is 5.69 Å². The van der Waals surface area contributed by atoms with E-state index in [1.54, 1.807) is 18.5 Å². The summed E-state index contributed by atoms with van der Waals surface area (Å²) in [6.45, 7) is 4.41. The molecule has 0 unspecified atom stereocenters. The van der Waals surface area contributed by atoms with Crippen LogP contribution in [0.5, 0.6) is 11.5 Å². The Morgan fingerprint density at radius 3 is 2.42 bits per heavy atom. The summed E-state index contributed by atoms with van der Waals surface area (Å²) in [6, 6.07) is 22.3. The first-order chi connectivity index (χ1) is 17.4. The number of nitrogens with zero attached hydrogens (tertiary/aromatic N) is 3. The third-order valence-electron chi connectivity index (χ3n) is 6.21. The minimum absolute atomic E-state index is 0.0269. The van der Waals surface area contributed by atoms with E-state index in [0.717, 1.165) is 17.1 Å². The zero-order chi connectivity index (χ0) is 25.1. The van der Waals surface area contributed by atoms with Crippen LogP contribution in [0.15, 0.2) is 85.3 Å². The number of hydrogen-bond donors (Lipinski definition) is 0. The molecule has 1 saturated heterocycles. The van der Waals surface area contributed by atoms with Gasteiger partial charge in [0.05, 0.1) is 16.9 Å². The second-order valence-electron chi connectivity index (χ2n) is 8.97. The van der Waals surface area contributed by atoms with Crippen molar-refractivity contribution in [3.05, 3.63) is 107 Å². The molecule has 0 N–H and O–H groups in total. The highest BCUT2D eigenvalue weighted by atomic mass is 16.6. The van der Waals surface area contributed by atoms with E-state index in [2.05, 4.69) is 4.98 Å². The maximum Gasteiger partial charge on any atom is 0.270 e. The minimum Gasteiger partial charge on any atom is -0.491 e. The maximum absolute atomic E-state index is 11.2. The fourth-order valence-corrected chi connectivity index (χ4v) is 4.18. The third-order valence-corrected chi connectivity index (χ3v) is 6.21. The van der Waals surface area contributed by atoms with Crippen molar-refractivity contribution in [2.24, 2.45) is 0 Å². The number of ether oxygens (including phenoxy) is 3. The van der Waals surface area contributed by atoms with Crippen molar-refractivity contribution in [2.45, 2.75) is 38.7 Å². The SMILES string of the molecule is Cc1ccc(OC[C@H]2O[C@H](n3cnc(-c4cccc([N+](=O)[O-])c4)c3)C[C@@H]2Oc2ccc(C)cc2)cc1. The Morgan fingerprint density at radius 2 is 1.72 bits per heavy atom. The fourth-order valence-electron chi connectivity index (χ4n) is 4.18. The standard InChI is InChI=1S/C28H27N3O5/c1-19-6-10-23(11-7-19)34-17-27-26(35-24-12-8-20(2)9-13-24)15-28(36-27)30-16-25(29-18-30)21-4-3-5-22(14-21)31(32)33/h3-14,16,18,26-28H,15,17H2,1-2H3/t26-,27+,28-/m0/s1. The molecule has 1 aromatic heterocycles. The molecule has 4 aromatic rings. The Kier molecular flexibility index (Phi) is 6.69. The lowest BCUT2D eigenvalue weighted by Crippen LogP contribution is -2.32. The topological polar surface area (TPSA) is 88.7 Å². The van der Waals surface area contributed by atoms with Crippen LogP contribution >= 0.6 is 0 Å². The van der Waals surface area contributed by atoms with Gasteiger partial charge in [-0.25, -0.2) is 4.98 Å². The summed E-state index contributed by atoms with van der Waals surface area (Å²) in [5.41, 5.74) is 3.67. The lowest BCUT2D eigenvalue weighted by atomic mass is 10.1. The van der Waals surface area contributed by atoms with E-state index < -0.39 is 4.92 Å². The van der Waals surface area contributed by atoms with E-state index in [9.17, 15) is 10.1 Å². The first-order valence-electron chi connectivity index (χ1n) is 11.8. The summed E-state index contributed by atoms with van der Waals surface area (Å²) in [7, 11) is 0. The molecule has 1 aliphatic rings. The molecule has 1 aliphatic heterocycles. The van der Waals surface area contributed by atoms with Gasteiger partial charge in [-0.3, -0.25) is 10.1 Å². The van der Waals surface area contributed by atoms with Crippen molar-refractivity contribution in [3.8, 4) is 22.8 Å². The van der Waals surface area contributed by atoms with E-state index in [4.69, 9.17) is 14.2 Å². The Labute approximate surface area is 209 Å². The van der Waals surface area contributed by atoms with Crippen molar-refractivity contribution in [1.29, 1.82) is 0 Å². The average Bonchev–Trinajstić information content (AvgIpc) is 3.53. The summed E-state index contributed by atoms with van der Waals surface area (Å²) >= 11 is 0. The number of imidazole rings is 1. The Hall–Kier alpha value is -4.17. The molecule has 0 aliphatic carbocycles. The molecular weight excluding hydrogens is 458 g/mol. The molecule has 3 aromatic carbocycles. The normalized spacial score (nSPS) is 19.2. The Balaban J connectivity index is 1.34. The molecule has 184 valence electrons. The van der Waals surface area contributed by atoms with Crippen molar-refractivity contribution in [2.75, 3.05) is 6.61 Å². The first-order valence-corrected chi connectivity index (χ1v) is 11.8. The van der Waals surface area contributed by atoms with Crippen LogP contribution < -0.4 is 9.47 Å². The molecule has 8 heteroatoms. The molecule has 0 radical (unpaired) electrons. The maximum atomic E-state index is 11.2. The largest absolute Gasteiger partial charge is 0.491 e. The summed E-state index contributed by atoms with van der Waals surface area (Å²) in [4.78, 5) is 15.2. The molecule has 0 amide bonds. The second kappa shape index (κ2) is 10.2. The summed E-state index contributed by atoms with van der Waals surface area (Å²) in [5.74, 6) is 1.55. The van der Waals surface area contributed by atoms with Gasteiger partial charge in [0.1, 0.15) is 36.5 Å². The van der Waals surface area contributed by atoms with Gasteiger partial charge < -0.3 is 18.8 Å². The monoisotopic (exact) mass is 485 g/mol. The first kappa shape index (κ1) is 23.6. The molecule has 1 fully saturated rings. The number of benzene rings is 3. The van der Waals surface area contributed by atoms with Gasteiger partial charge >= 0.3 is 0 Å². The number of non-ortho nitro benzene ring substituents is 1. The van der Waals surface area contributed by atoms with Gasteiger partial charge in [-0.15, -0.1) is 0 Å². The lowest BCUT2D eigenvalue weighted by molar-refractivity contribution is -0.384. The van der Waals surface area contributed by atoms with E-state index in [-0.39, 0.29) is 24.1 Å². The highest BCUT2D eigenvalue weighted by molar-refractivity contribution is 5.61. The quantitative estimate of drug-likeness (QED) is 0.228. The number of nitro groups is 1. The molecular formula is C28H27N3O5. The number of nitro benzene ring substituents is 1. The molecule has 8 nitrogen and oxygen atoms in total. The summed E-state index contributed by atoms with van der Waals surface area (Å²) in [5, 5.41) is 11.2. The predicted octanol–water partition coefficient (Wildman–Crippen LogP) is 5.89. The number of hydrogen-bond acceptors (Lipinski definition) is 6. The van der Waals surface area contributed by atoms with Crippen LogP contribution in [-0.4, -0.2) is 33.3 Å². The van der Waals surface area contributed by atoms with Crippen molar-refractivity contribution < 1.29 is 19.1 Å². The molecule has 0 saturated carbocycles. The third kappa shape index (κ3) is 5.39. The van der Waals surface area contributed by atoms with Crippen LogP contribution in [0.25, 0.3) is 11.3 Å². The Morgan fingerprint density at radius 1 is 1.03 bits per heavy atom. The average molecular weight is 486 g/mol. The van der Waals surface area contributed by atoms with Crippen LogP contribution in [0.2, 0.25) is 0 Å². The van der Waals surface area contributed by atoms with Gasteiger partial charge in [0, 0.05) is 30.3 Å². The van der Waals surface area contributed by atoms with Crippen LogP contribution in [0.3, 0.4) is 0 Å². The zero-order valence-electron chi connectivity index (χ0n) is 20.1. The van der Waals surface area contributed by atoms with E-state index in [1.807, 2.05) is 73.1 Å². The highest BCUT2D eigenvalue weighted by Crippen LogP contribution is 2.34.